The van der Waals surface area contributed by atoms with Gasteiger partial charge in [0.2, 0.25) is 11.8 Å². The number of halogens is 1. The predicted octanol–water partition coefficient (Wildman–Crippen LogP) is 3.76. The lowest BCUT2D eigenvalue weighted by Gasteiger charge is -2.39. The van der Waals surface area contributed by atoms with Crippen molar-refractivity contribution in [2.24, 2.45) is 0 Å². The molecule has 2 unspecified atom stereocenters. The molecule has 1 aromatic heterocycles. The summed E-state index contributed by atoms with van der Waals surface area (Å²) in [6.07, 6.45) is 3.26. The average molecular weight is 349 g/mol. The number of piperidine rings is 1. The number of aromatic nitrogens is 2. The van der Waals surface area contributed by atoms with Crippen molar-refractivity contribution >= 4 is 17.7 Å². The van der Waals surface area contributed by atoms with Crippen LogP contribution in [0.15, 0.2) is 33.9 Å². The number of hydrogen-bond acceptors (Lipinski definition) is 5. The highest BCUT2D eigenvalue weighted by atomic mass is 32.2. The molecule has 0 N–H and O–H groups in total. The maximum atomic E-state index is 13.2. The normalized spacial score (nSPS) is 21.0. The van der Waals surface area contributed by atoms with Crippen molar-refractivity contribution in [3.05, 3.63) is 30.1 Å². The molecule has 3 rings (SSSR count). The van der Waals surface area contributed by atoms with Crippen molar-refractivity contribution < 1.29 is 13.6 Å². The first-order valence-corrected chi connectivity index (χ1v) is 9.06. The Morgan fingerprint density at radius 1 is 1.33 bits per heavy atom. The molecule has 2 heterocycles. The van der Waals surface area contributed by atoms with Crippen LogP contribution in [0.25, 0.3) is 11.5 Å². The summed E-state index contributed by atoms with van der Waals surface area (Å²) >= 11 is 1.22. The van der Waals surface area contributed by atoms with Crippen LogP contribution in [0.2, 0.25) is 0 Å². The largest absolute Gasteiger partial charge is 0.411 e. The van der Waals surface area contributed by atoms with Crippen LogP contribution in [-0.4, -0.2) is 38.8 Å². The van der Waals surface area contributed by atoms with E-state index in [2.05, 4.69) is 24.0 Å². The van der Waals surface area contributed by atoms with Gasteiger partial charge in [-0.05, 0) is 51.3 Å². The second-order valence-corrected chi connectivity index (χ2v) is 7.03. The van der Waals surface area contributed by atoms with Gasteiger partial charge in [-0.1, -0.05) is 17.8 Å². The molecule has 2 aromatic rings. The summed E-state index contributed by atoms with van der Waals surface area (Å²) in [5.74, 6) is 0.247. The summed E-state index contributed by atoms with van der Waals surface area (Å²) in [7, 11) is 0. The van der Waals surface area contributed by atoms with E-state index in [9.17, 15) is 9.18 Å². The quantitative estimate of drug-likeness (QED) is 0.787. The first-order chi connectivity index (χ1) is 11.5. The molecule has 128 valence electrons. The number of thioether (sulfide) groups is 1. The molecule has 2 atom stereocenters. The Morgan fingerprint density at radius 3 is 2.79 bits per heavy atom. The Labute approximate surface area is 144 Å². The van der Waals surface area contributed by atoms with Gasteiger partial charge in [0.15, 0.2) is 0 Å². The molecule has 1 aliphatic heterocycles. The standard InChI is InChI=1S/C17H20FN3O2S/c1-11-5-3-6-12(2)21(11)15(22)10-24-17-20-19-16(23-17)13-7-4-8-14(18)9-13/h4,7-9,11-12H,3,5-6,10H2,1-2H3. The van der Waals surface area contributed by atoms with Crippen LogP contribution in [0.1, 0.15) is 33.1 Å². The fourth-order valence-electron chi connectivity index (χ4n) is 3.12. The molecule has 1 saturated heterocycles. The Bertz CT molecular complexity index is 711. The van der Waals surface area contributed by atoms with Crippen molar-refractivity contribution in [2.45, 2.75) is 50.4 Å². The number of amides is 1. The SMILES string of the molecule is CC1CCCC(C)N1C(=O)CSc1nnc(-c2cccc(F)c2)o1. The van der Waals surface area contributed by atoms with E-state index in [0.29, 0.717) is 10.8 Å². The molecule has 0 radical (unpaired) electrons. The number of hydrogen-bond donors (Lipinski definition) is 0. The Kier molecular flexibility index (Phi) is 5.18. The van der Waals surface area contributed by atoms with Crippen LogP contribution < -0.4 is 0 Å². The lowest BCUT2D eigenvalue weighted by molar-refractivity contribution is -0.134. The third kappa shape index (κ3) is 3.77. The molecule has 1 aliphatic rings. The minimum atomic E-state index is -0.358. The molecular weight excluding hydrogens is 329 g/mol. The van der Waals surface area contributed by atoms with Gasteiger partial charge in [-0.3, -0.25) is 4.79 Å². The van der Waals surface area contributed by atoms with Gasteiger partial charge in [0, 0.05) is 17.6 Å². The van der Waals surface area contributed by atoms with Crippen LogP contribution >= 0.6 is 11.8 Å². The zero-order chi connectivity index (χ0) is 17.1. The van der Waals surface area contributed by atoms with Gasteiger partial charge >= 0.3 is 0 Å². The topological polar surface area (TPSA) is 59.2 Å². The van der Waals surface area contributed by atoms with Crippen LogP contribution in [0.5, 0.6) is 0 Å². The molecule has 0 bridgehead atoms. The van der Waals surface area contributed by atoms with Gasteiger partial charge in [0.25, 0.3) is 5.22 Å². The van der Waals surface area contributed by atoms with Gasteiger partial charge < -0.3 is 9.32 Å². The van der Waals surface area contributed by atoms with Crippen LogP contribution in [0.4, 0.5) is 4.39 Å². The summed E-state index contributed by atoms with van der Waals surface area (Å²) < 4.78 is 18.8. The van der Waals surface area contributed by atoms with Gasteiger partial charge in [-0.15, -0.1) is 10.2 Å². The van der Waals surface area contributed by atoms with Crippen LogP contribution in [0.3, 0.4) is 0 Å². The van der Waals surface area contributed by atoms with Gasteiger partial charge in [-0.2, -0.15) is 0 Å². The van der Waals surface area contributed by atoms with Crippen molar-refractivity contribution in [3.63, 3.8) is 0 Å². The molecule has 1 fully saturated rings. The Morgan fingerprint density at radius 2 is 2.08 bits per heavy atom. The summed E-state index contributed by atoms with van der Waals surface area (Å²) in [4.78, 5) is 14.4. The number of likely N-dealkylation sites (tertiary alicyclic amines) is 1. The first kappa shape index (κ1) is 17.0. The molecule has 24 heavy (non-hydrogen) atoms. The van der Waals surface area contributed by atoms with E-state index in [4.69, 9.17) is 4.42 Å². The molecule has 7 heteroatoms. The van der Waals surface area contributed by atoms with E-state index < -0.39 is 0 Å². The smallest absolute Gasteiger partial charge is 0.277 e. The Hall–Kier alpha value is -1.89. The third-order valence-corrected chi connectivity index (χ3v) is 5.08. The zero-order valence-electron chi connectivity index (χ0n) is 13.7. The van der Waals surface area contributed by atoms with E-state index in [1.165, 1.54) is 30.3 Å². The fourth-order valence-corrected chi connectivity index (χ4v) is 3.75. The number of benzene rings is 1. The van der Waals surface area contributed by atoms with E-state index >= 15 is 0 Å². The molecular formula is C17H20FN3O2S. The molecule has 5 nitrogen and oxygen atoms in total. The molecule has 1 aromatic carbocycles. The fraction of sp³-hybridized carbons (Fsp3) is 0.471. The zero-order valence-corrected chi connectivity index (χ0v) is 14.6. The average Bonchev–Trinajstić information content (AvgIpc) is 3.02. The Balaban J connectivity index is 1.62. The number of nitrogens with zero attached hydrogens (tertiary/aromatic N) is 3. The highest BCUT2D eigenvalue weighted by molar-refractivity contribution is 7.99. The highest BCUT2D eigenvalue weighted by Gasteiger charge is 2.29. The first-order valence-electron chi connectivity index (χ1n) is 8.08. The lowest BCUT2D eigenvalue weighted by atomic mass is 9.98. The van der Waals surface area contributed by atoms with Crippen molar-refractivity contribution in [2.75, 3.05) is 5.75 Å². The lowest BCUT2D eigenvalue weighted by Crippen LogP contribution is -2.48. The highest BCUT2D eigenvalue weighted by Crippen LogP contribution is 2.26. The third-order valence-electron chi connectivity index (χ3n) is 4.28. The van der Waals surface area contributed by atoms with E-state index in [0.717, 1.165) is 12.8 Å². The van der Waals surface area contributed by atoms with Crippen LogP contribution in [0, 0.1) is 5.82 Å². The maximum Gasteiger partial charge on any atom is 0.277 e. The number of rotatable bonds is 4. The van der Waals surface area contributed by atoms with Crippen LogP contribution in [-0.2, 0) is 4.79 Å². The second kappa shape index (κ2) is 7.34. The molecule has 0 saturated carbocycles. The molecule has 0 spiro atoms. The number of carbonyl (C=O) groups is 1. The molecule has 0 aliphatic carbocycles. The maximum absolute atomic E-state index is 13.2. The van der Waals surface area contributed by atoms with Crippen molar-refractivity contribution in [1.82, 2.24) is 15.1 Å². The molecule has 1 amide bonds. The van der Waals surface area contributed by atoms with E-state index in [-0.39, 0.29) is 35.5 Å². The summed E-state index contributed by atoms with van der Waals surface area (Å²) in [6, 6.07) is 6.52. The van der Waals surface area contributed by atoms with Crippen molar-refractivity contribution in [3.8, 4) is 11.5 Å². The minimum absolute atomic E-state index is 0.0882. The van der Waals surface area contributed by atoms with Gasteiger partial charge in [0.1, 0.15) is 5.82 Å². The van der Waals surface area contributed by atoms with Crippen molar-refractivity contribution in [1.29, 1.82) is 0 Å². The monoisotopic (exact) mass is 349 g/mol. The van der Waals surface area contributed by atoms with E-state index in [1.807, 2.05) is 4.90 Å². The minimum Gasteiger partial charge on any atom is -0.411 e. The van der Waals surface area contributed by atoms with E-state index in [1.54, 1.807) is 12.1 Å². The second-order valence-electron chi connectivity index (χ2n) is 6.10. The van der Waals surface area contributed by atoms with Gasteiger partial charge in [-0.25, -0.2) is 4.39 Å². The summed E-state index contributed by atoms with van der Waals surface area (Å²) in [5, 5.41) is 8.17. The summed E-state index contributed by atoms with van der Waals surface area (Å²) in [5.41, 5.74) is 0.527. The van der Waals surface area contributed by atoms with Gasteiger partial charge in [0.05, 0.1) is 5.75 Å². The summed E-state index contributed by atoms with van der Waals surface area (Å²) in [6.45, 7) is 4.18. The predicted molar refractivity (Wildman–Crippen MR) is 90.0 cm³/mol. The number of carbonyl (C=O) groups excluding carboxylic acids is 1.